The molecule has 0 aliphatic carbocycles. The summed E-state index contributed by atoms with van der Waals surface area (Å²) in [5.41, 5.74) is 1.04. The SMILES string of the molecule is COc1c(Cl)cc(Cl)cc1C1CN1. The van der Waals surface area contributed by atoms with E-state index in [2.05, 4.69) is 5.32 Å². The minimum absolute atomic E-state index is 0.353. The molecule has 1 unspecified atom stereocenters. The monoisotopic (exact) mass is 217 g/mol. The Bertz CT molecular complexity index is 337. The van der Waals surface area contributed by atoms with Gasteiger partial charge >= 0.3 is 0 Å². The molecule has 0 spiro atoms. The Hall–Kier alpha value is -0.440. The molecule has 1 fully saturated rings. The van der Waals surface area contributed by atoms with Gasteiger partial charge in [-0.05, 0) is 12.1 Å². The van der Waals surface area contributed by atoms with Crippen molar-refractivity contribution in [1.82, 2.24) is 5.32 Å². The maximum atomic E-state index is 5.97. The Morgan fingerprint density at radius 3 is 2.69 bits per heavy atom. The highest BCUT2D eigenvalue weighted by atomic mass is 35.5. The van der Waals surface area contributed by atoms with Gasteiger partial charge in [-0.15, -0.1) is 0 Å². The lowest BCUT2D eigenvalue weighted by molar-refractivity contribution is 0.410. The van der Waals surface area contributed by atoms with Gasteiger partial charge in [0.15, 0.2) is 0 Å². The fraction of sp³-hybridized carbons (Fsp3) is 0.333. The zero-order valence-corrected chi connectivity index (χ0v) is 8.62. The smallest absolute Gasteiger partial charge is 0.142 e. The highest BCUT2D eigenvalue weighted by Gasteiger charge is 2.27. The molecular formula is C9H9Cl2NO. The Kier molecular flexibility index (Phi) is 2.37. The molecule has 0 aromatic heterocycles. The van der Waals surface area contributed by atoms with Gasteiger partial charge in [-0.25, -0.2) is 0 Å². The molecule has 1 N–H and O–H groups in total. The summed E-state index contributed by atoms with van der Waals surface area (Å²) in [4.78, 5) is 0. The highest BCUT2D eigenvalue weighted by Crippen LogP contribution is 2.38. The molecule has 70 valence electrons. The van der Waals surface area contributed by atoms with Crippen LogP contribution in [0.5, 0.6) is 5.75 Å². The number of methoxy groups -OCH3 is 1. The first-order valence-corrected chi connectivity index (χ1v) is 4.74. The van der Waals surface area contributed by atoms with E-state index < -0.39 is 0 Å². The number of rotatable bonds is 2. The summed E-state index contributed by atoms with van der Waals surface area (Å²) in [6.07, 6.45) is 0. The molecule has 1 aliphatic rings. The van der Waals surface area contributed by atoms with Crippen LogP contribution < -0.4 is 10.1 Å². The third-order valence-electron chi connectivity index (χ3n) is 2.02. The molecule has 1 aliphatic heterocycles. The van der Waals surface area contributed by atoms with Crippen molar-refractivity contribution in [3.63, 3.8) is 0 Å². The molecule has 0 amide bonds. The van der Waals surface area contributed by atoms with Crippen molar-refractivity contribution in [2.45, 2.75) is 6.04 Å². The third-order valence-corrected chi connectivity index (χ3v) is 2.52. The standard InChI is InChI=1S/C9H9Cl2NO/c1-13-9-6(8-4-12-8)2-5(10)3-7(9)11/h2-3,8,12H,4H2,1H3. The second-order valence-electron chi connectivity index (χ2n) is 2.97. The van der Waals surface area contributed by atoms with Crippen LogP contribution in [0.3, 0.4) is 0 Å². The summed E-state index contributed by atoms with van der Waals surface area (Å²) in [6.45, 7) is 0.965. The number of ether oxygens (including phenoxy) is 1. The summed E-state index contributed by atoms with van der Waals surface area (Å²) in [6, 6.07) is 3.93. The van der Waals surface area contributed by atoms with Crippen molar-refractivity contribution in [1.29, 1.82) is 0 Å². The minimum atomic E-state index is 0.353. The number of hydrogen-bond acceptors (Lipinski definition) is 2. The van der Waals surface area contributed by atoms with Gasteiger partial charge in [0.25, 0.3) is 0 Å². The van der Waals surface area contributed by atoms with E-state index in [1.54, 1.807) is 13.2 Å². The third kappa shape index (κ3) is 1.75. The van der Waals surface area contributed by atoms with Gasteiger partial charge in [-0.2, -0.15) is 0 Å². The predicted octanol–water partition coefficient (Wildman–Crippen LogP) is 2.65. The number of nitrogens with one attached hydrogen (secondary N) is 1. The number of halogens is 2. The maximum absolute atomic E-state index is 5.97. The Balaban J connectivity index is 2.50. The minimum Gasteiger partial charge on any atom is -0.495 e. The van der Waals surface area contributed by atoms with Crippen LogP contribution in [-0.4, -0.2) is 13.7 Å². The van der Waals surface area contributed by atoms with Gasteiger partial charge in [-0.1, -0.05) is 23.2 Å². The van der Waals surface area contributed by atoms with Crippen LogP contribution in [0.2, 0.25) is 10.0 Å². The zero-order chi connectivity index (χ0) is 9.42. The van der Waals surface area contributed by atoms with Crippen LogP contribution in [0.4, 0.5) is 0 Å². The van der Waals surface area contributed by atoms with Crippen molar-refractivity contribution < 1.29 is 4.74 Å². The van der Waals surface area contributed by atoms with Crippen molar-refractivity contribution in [3.8, 4) is 5.75 Å². The second-order valence-corrected chi connectivity index (χ2v) is 3.81. The normalized spacial score (nSPS) is 20.1. The highest BCUT2D eigenvalue weighted by molar-refractivity contribution is 6.35. The van der Waals surface area contributed by atoms with E-state index in [0.717, 1.165) is 17.9 Å². The van der Waals surface area contributed by atoms with Gasteiger partial charge in [-0.3, -0.25) is 0 Å². The molecule has 0 bridgehead atoms. The van der Waals surface area contributed by atoms with E-state index in [1.807, 2.05) is 6.07 Å². The largest absolute Gasteiger partial charge is 0.495 e. The lowest BCUT2D eigenvalue weighted by atomic mass is 10.1. The molecule has 1 saturated heterocycles. The van der Waals surface area contributed by atoms with Gasteiger partial charge in [0.1, 0.15) is 5.75 Å². The Morgan fingerprint density at radius 1 is 1.46 bits per heavy atom. The van der Waals surface area contributed by atoms with Crippen molar-refractivity contribution >= 4 is 23.2 Å². The quantitative estimate of drug-likeness (QED) is 0.773. The molecule has 2 rings (SSSR count). The summed E-state index contributed by atoms with van der Waals surface area (Å²) >= 11 is 11.9. The van der Waals surface area contributed by atoms with Gasteiger partial charge in [0.05, 0.1) is 12.1 Å². The van der Waals surface area contributed by atoms with E-state index in [4.69, 9.17) is 27.9 Å². The average Bonchev–Trinajstić information content (AvgIpc) is 2.85. The van der Waals surface area contributed by atoms with Crippen LogP contribution in [0.15, 0.2) is 12.1 Å². The van der Waals surface area contributed by atoms with E-state index in [9.17, 15) is 0 Å². The van der Waals surface area contributed by atoms with Crippen LogP contribution in [0.25, 0.3) is 0 Å². The molecule has 1 aromatic carbocycles. The molecule has 13 heavy (non-hydrogen) atoms. The first-order valence-electron chi connectivity index (χ1n) is 3.98. The van der Waals surface area contributed by atoms with E-state index in [0.29, 0.717) is 16.1 Å². The second kappa shape index (κ2) is 3.37. The Labute approximate surface area is 86.8 Å². The molecule has 1 aromatic rings. The molecule has 0 saturated carbocycles. The topological polar surface area (TPSA) is 31.2 Å². The predicted molar refractivity (Wildman–Crippen MR) is 53.8 cm³/mol. The maximum Gasteiger partial charge on any atom is 0.142 e. The summed E-state index contributed by atoms with van der Waals surface area (Å²) in [5.74, 6) is 0.723. The first kappa shape index (κ1) is 9.13. The fourth-order valence-electron chi connectivity index (χ4n) is 1.33. The van der Waals surface area contributed by atoms with Crippen molar-refractivity contribution in [2.75, 3.05) is 13.7 Å². The zero-order valence-electron chi connectivity index (χ0n) is 7.10. The van der Waals surface area contributed by atoms with Gasteiger partial charge in [0.2, 0.25) is 0 Å². The number of hydrogen-bond donors (Lipinski definition) is 1. The van der Waals surface area contributed by atoms with Crippen LogP contribution >= 0.6 is 23.2 Å². The molecular weight excluding hydrogens is 209 g/mol. The first-order chi connectivity index (χ1) is 6.22. The lowest BCUT2D eigenvalue weighted by Crippen LogP contribution is -1.93. The van der Waals surface area contributed by atoms with Crippen LogP contribution in [0.1, 0.15) is 11.6 Å². The molecule has 4 heteroatoms. The van der Waals surface area contributed by atoms with Crippen LogP contribution in [-0.2, 0) is 0 Å². The van der Waals surface area contributed by atoms with Gasteiger partial charge in [0, 0.05) is 23.2 Å². The van der Waals surface area contributed by atoms with Gasteiger partial charge < -0.3 is 10.1 Å². The lowest BCUT2D eigenvalue weighted by Gasteiger charge is -2.09. The molecule has 2 nitrogen and oxygen atoms in total. The van der Waals surface area contributed by atoms with E-state index in [1.165, 1.54) is 0 Å². The molecule has 1 heterocycles. The van der Waals surface area contributed by atoms with Crippen molar-refractivity contribution in [2.24, 2.45) is 0 Å². The molecule has 0 radical (unpaired) electrons. The number of benzene rings is 1. The molecule has 1 atom stereocenters. The van der Waals surface area contributed by atoms with Crippen molar-refractivity contribution in [3.05, 3.63) is 27.7 Å². The summed E-state index contributed by atoms with van der Waals surface area (Å²) in [5, 5.41) is 4.40. The summed E-state index contributed by atoms with van der Waals surface area (Å²) in [7, 11) is 1.61. The Morgan fingerprint density at radius 2 is 2.15 bits per heavy atom. The van der Waals surface area contributed by atoms with E-state index >= 15 is 0 Å². The fourth-order valence-corrected chi connectivity index (χ4v) is 1.92. The summed E-state index contributed by atoms with van der Waals surface area (Å²) < 4.78 is 5.20. The van der Waals surface area contributed by atoms with Crippen LogP contribution in [0, 0.1) is 0 Å². The van der Waals surface area contributed by atoms with E-state index in [-0.39, 0.29) is 0 Å². The average molecular weight is 218 g/mol.